The molecule has 0 aromatic heterocycles. The van der Waals surface area contributed by atoms with Gasteiger partial charge in [0.1, 0.15) is 0 Å². The molecular weight excluding hydrogens is 112 g/mol. The van der Waals surface area contributed by atoms with Gasteiger partial charge in [-0.2, -0.15) is 0 Å². The largest absolute Gasteiger partial charge is 0.324 e. The van der Waals surface area contributed by atoms with Crippen LogP contribution in [0.1, 0.15) is 13.8 Å². The summed E-state index contributed by atoms with van der Waals surface area (Å²) in [5, 5.41) is 1.89. The highest BCUT2D eigenvalue weighted by molar-refractivity contribution is 4.92. The fraction of sp³-hybridized carbons (Fsp3) is 0.714. The number of hydrogen-bond donors (Lipinski definition) is 1. The van der Waals surface area contributed by atoms with Gasteiger partial charge in [-0.25, -0.2) is 5.01 Å². The Morgan fingerprint density at radius 2 is 1.89 bits per heavy atom. The summed E-state index contributed by atoms with van der Waals surface area (Å²) >= 11 is 0. The lowest BCUT2D eigenvalue weighted by molar-refractivity contribution is 0.312. The molecule has 9 heavy (non-hydrogen) atoms. The quantitative estimate of drug-likeness (QED) is 0.575. The predicted octanol–water partition coefficient (Wildman–Crippen LogP) is 1.22. The number of hydrogen-bond acceptors (Lipinski definition) is 2. The first kappa shape index (κ1) is 8.50. The molecule has 0 unspecified atom stereocenters. The van der Waals surface area contributed by atoms with Crippen molar-refractivity contribution in [3.05, 3.63) is 12.3 Å². The molecule has 2 nitrogen and oxygen atoms in total. The van der Waals surface area contributed by atoms with Gasteiger partial charge in [0.2, 0.25) is 0 Å². The standard InChI is InChI=1S/C7H16N2/c1-6(2)7(3)8-9(4)5/h6,8H,3H2,1-2,4-5H3. The Balaban J connectivity index is 3.51. The summed E-state index contributed by atoms with van der Waals surface area (Å²) < 4.78 is 0. The molecular formula is C7H16N2. The Labute approximate surface area is 57.5 Å². The molecule has 0 aliphatic carbocycles. The SMILES string of the molecule is C=C(NN(C)C)C(C)C. The highest BCUT2D eigenvalue weighted by atomic mass is 15.5. The van der Waals surface area contributed by atoms with E-state index in [9.17, 15) is 0 Å². The zero-order chi connectivity index (χ0) is 7.44. The van der Waals surface area contributed by atoms with Gasteiger partial charge in [0.05, 0.1) is 0 Å². The maximum Gasteiger partial charge on any atom is 0.0217 e. The first-order valence-electron chi connectivity index (χ1n) is 3.16. The van der Waals surface area contributed by atoms with Gasteiger partial charge in [0.25, 0.3) is 0 Å². The Hall–Kier alpha value is -0.500. The van der Waals surface area contributed by atoms with Crippen LogP contribution in [0.4, 0.5) is 0 Å². The van der Waals surface area contributed by atoms with Crippen LogP contribution in [0, 0.1) is 5.92 Å². The second-order valence-corrected chi connectivity index (χ2v) is 2.69. The Morgan fingerprint density at radius 3 is 2.00 bits per heavy atom. The third kappa shape index (κ3) is 4.03. The summed E-state index contributed by atoms with van der Waals surface area (Å²) in [4.78, 5) is 0. The zero-order valence-electron chi connectivity index (χ0n) is 6.73. The van der Waals surface area contributed by atoms with Gasteiger partial charge in [-0.05, 0) is 5.92 Å². The first-order chi connectivity index (χ1) is 4.04. The molecule has 0 amide bonds. The van der Waals surface area contributed by atoms with Crippen LogP contribution in [0.25, 0.3) is 0 Å². The number of nitrogens with zero attached hydrogens (tertiary/aromatic N) is 1. The molecule has 0 spiro atoms. The molecule has 0 aliphatic rings. The minimum atomic E-state index is 0.507. The van der Waals surface area contributed by atoms with Gasteiger partial charge < -0.3 is 5.43 Å². The van der Waals surface area contributed by atoms with Crippen molar-refractivity contribution in [3.8, 4) is 0 Å². The molecule has 0 radical (unpaired) electrons. The summed E-state index contributed by atoms with van der Waals surface area (Å²) in [7, 11) is 3.90. The Kier molecular flexibility index (Phi) is 3.32. The molecule has 0 aromatic rings. The van der Waals surface area contributed by atoms with Crippen LogP contribution in [0.3, 0.4) is 0 Å². The lowest BCUT2D eigenvalue weighted by Crippen LogP contribution is -2.30. The van der Waals surface area contributed by atoms with Gasteiger partial charge >= 0.3 is 0 Å². The van der Waals surface area contributed by atoms with E-state index in [2.05, 4.69) is 25.9 Å². The third-order valence-electron chi connectivity index (χ3n) is 1.06. The van der Waals surface area contributed by atoms with Crippen molar-refractivity contribution < 1.29 is 0 Å². The minimum Gasteiger partial charge on any atom is -0.324 e. The monoisotopic (exact) mass is 128 g/mol. The molecule has 0 rings (SSSR count). The van der Waals surface area contributed by atoms with Crippen molar-refractivity contribution in [2.24, 2.45) is 5.92 Å². The van der Waals surface area contributed by atoms with E-state index in [1.165, 1.54) is 0 Å². The van der Waals surface area contributed by atoms with Crippen molar-refractivity contribution in [3.63, 3.8) is 0 Å². The van der Waals surface area contributed by atoms with Gasteiger partial charge in [0.15, 0.2) is 0 Å². The third-order valence-corrected chi connectivity index (χ3v) is 1.06. The van der Waals surface area contributed by atoms with E-state index in [1.54, 1.807) is 0 Å². The van der Waals surface area contributed by atoms with Crippen LogP contribution in [0.15, 0.2) is 12.3 Å². The second kappa shape index (κ2) is 3.51. The highest BCUT2D eigenvalue weighted by Crippen LogP contribution is 2.01. The van der Waals surface area contributed by atoms with Crippen molar-refractivity contribution in [2.45, 2.75) is 13.8 Å². The molecule has 0 fully saturated rings. The summed E-state index contributed by atoms with van der Waals surface area (Å²) in [6.45, 7) is 8.06. The maximum absolute atomic E-state index is 3.84. The van der Waals surface area contributed by atoms with Crippen LogP contribution in [-0.2, 0) is 0 Å². The van der Waals surface area contributed by atoms with Crippen molar-refractivity contribution in [1.29, 1.82) is 0 Å². The molecule has 0 bridgehead atoms. The van der Waals surface area contributed by atoms with E-state index in [1.807, 2.05) is 19.1 Å². The molecule has 1 N–H and O–H groups in total. The summed E-state index contributed by atoms with van der Waals surface area (Å²) in [6.07, 6.45) is 0. The van der Waals surface area contributed by atoms with E-state index in [4.69, 9.17) is 0 Å². The van der Waals surface area contributed by atoms with E-state index < -0.39 is 0 Å². The van der Waals surface area contributed by atoms with E-state index in [-0.39, 0.29) is 0 Å². The smallest absolute Gasteiger partial charge is 0.0217 e. The first-order valence-corrected chi connectivity index (χ1v) is 3.16. The fourth-order valence-corrected chi connectivity index (χ4v) is 0.416. The van der Waals surface area contributed by atoms with Gasteiger partial charge in [-0.3, -0.25) is 0 Å². The zero-order valence-corrected chi connectivity index (χ0v) is 6.73. The van der Waals surface area contributed by atoms with Gasteiger partial charge in [-0.1, -0.05) is 20.4 Å². The number of allylic oxidation sites excluding steroid dienone is 1. The van der Waals surface area contributed by atoms with E-state index in [0.29, 0.717) is 5.92 Å². The molecule has 0 aromatic carbocycles. The van der Waals surface area contributed by atoms with E-state index in [0.717, 1.165) is 5.70 Å². The number of rotatable bonds is 3. The average Bonchev–Trinajstić information content (AvgIpc) is 1.63. The number of hydrazine groups is 1. The maximum atomic E-state index is 3.84. The summed E-state index contributed by atoms with van der Waals surface area (Å²) in [5.41, 5.74) is 4.14. The van der Waals surface area contributed by atoms with Gasteiger partial charge in [-0.15, -0.1) is 0 Å². The van der Waals surface area contributed by atoms with Crippen LogP contribution in [0.5, 0.6) is 0 Å². The van der Waals surface area contributed by atoms with Crippen LogP contribution >= 0.6 is 0 Å². The predicted molar refractivity (Wildman–Crippen MR) is 40.8 cm³/mol. The molecule has 0 heterocycles. The summed E-state index contributed by atoms with van der Waals surface area (Å²) in [6, 6.07) is 0. The lowest BCUT2D eigenvalue weighted by atomic mass is 10.2. The average molecular weight is 128 g/mol. The van der Waals surface area contributed by atoms with Crippen molar-refractivity contribution in [2.75, 3.05) is 14.1 Å². The topological polar surface area (TPSA) is 15.3 Å². The van der Waals surface area contributed by atoms with Crippen molar-refractivity contribution in [1.82, 2.24) is 10.4 Å². The van der Waals surface area contributed by atoms with Crippen LogP contribution in [0.2, 0.25) is 0 Å². The second-order valence-electron chi connectivity index (χ2n) is 2.69. The normalized spacial score (nSPS) is 10.4. The Morgan fingerprint density at radius 1 is 1.44 bits per heavy atom. The van der Waals surface area contributed by atoms with Crippen LogP contribution in [-0.4, -0.2) is 19.1 Å². The molecule has 0 saturated heterocycles. The molecule has 54 valence electrons. The molecule has 2 heteroatoms. The summed E-state index contributed by atoms with van der Waals surface area (Å²) in [5.74, 6) is 0.507. The Bertz CT molecular complexity index is 95.1. The van der Waals surface area contributed by atoms with E-state index >= 15 is 0 Å². The van der Waals surface area contributed by atoms with Gasteiger partial charge in [0, 0.05) is 19.8 Å². The molecule has 0 saturated carbocycles. The molecule has 0 aliphatic heterocycles. The fourth-order valence-electron chi connectivity index (χ4n) is 0.416. The number of nitrogens with one attached hydrogen (secondary N) is 1. The van der Waals surface area contributed by atoms with Crippen LogP contribution < -0.4 is 5.43 Å². The van der Waals surface area contributed by atoms with Crippen molar-refractivity contribution >= 4 is 0 Å². The lowest BCUT2D eigenvalue weighted by Gasteiger charge is -2.17. The molecule has 0 atom stereocenters. The highest BCUT2D eigenvalue weighted by Gasteiger charge is 1.97. The minimum absolute atomic E-state index is 0.507.